The Morgan fingerprint density at radius 1 is 1.31 bits per heavy atom. The zero-order valence-electron chi connectivity index (χ0n) is 8.72. The van der Waals surface area contributed by atoms with E-state index in [1.807, 2.05) is 0 Å². The second-order valence-corrected chi connectivity index (χ2v) is 3.16. The Kier molecular flexibility index (Phi) is 6.58. The molecule has 1 unspecified atom stereocenters. The molecule has 0 heterocycles. The third-order valence-electron chi connectivity index (χ3n) is 1.89. The molecule has 0 aliphatic carbocycles. The van der Waals surface area contributed by atoms with Gasteiger partial charge in [0.15, 0.2) is 0 Å². The van der Waals surface area contributed by atoms with Crippen LogP contribution in [0.5, 0.6) is 0 Å². The van der Waals surface area contributed by atoms with Gasteiger partial charge in [-0.3, -0.25) is 9.59 Å². The summed E-state index contributed by atoms with van der Waals surface area (Å²) in [5.74, 6) is -3.65. The summed E-state index contributed by atoms with van der Waals surface area (Å²) in [7, 11) is 0. The first kappa shape index (κ1) is 14.2. The molecular formula is C10H14O6. The van der Waals surface area contributed by atoms with Gasteiger partial charge in [0, 0.05) is 12.5 Å². The molecule has 0 aromatic heterocycles. The fraction of sp³-hybridized carbons (Fsp3) is 0.500. The topological polar surface area (TPSA) is 101 Å². The first-order chi connectivity index (χ1) is 7.47. The number of hydrogen-bond acceptors (Lipinski definition) is 4. The number of carbonyl (C=O) groups excluding carboxylic acids is 1. The zero-order chi connectivity index (χ0) is 12.6. The van der Waals surface area contributed by atoms with Gasteiger partial charge in [-0.2, -0.15) is 0 Å². The average molecular weight is 230 g/mol. The number of carbonyl (C=O) groups is 3. The molecule has 0 aliphatic rings. The Morgan fingerprint density at radius 3 is 2.38 bits per heavy atom. The molecule has 0 fully saturated rings. The molecule has 0 aromatic rings. The van der Waals surface area contributed by atoms with Crippen LogP contribution in [0, 0.1) is 5.92 Å². The fourth-order valence-corrected chi connectivity index (χ4v) is 1.02. The molecule has 0 saturated carbocycles. The van der Waals surface area contributed by atoms with Gasteiger partial charge in [-0.1, -0.05) is 6.58 Å². The van der Waals surface area contributed by atoms with Crippen molar-refractivity contribution in [1.29, 1.82) is 0 Å². The maximum Gasteiger partial charge on any atom is 0.330 e. The van der Waals surface area contributed by atoms with E-state index in [-0.39, 0.29) is 25.9 Å². The van der Waals surface area contributed by atoms with Crippen LogP contribution in [0.4, 0.5) is 0 Å². The van der Waals surface area contributed by atoms with Crippen LogP contribution in [0.2, 0.25) is 0 Å². The van der Waals surface area contributed by atoms with E-state index in [0.29, 0.717) is 0 Å². The van der Waals surface area contributed by atoms with Gasteiger partial charge in [-0.15, -0.1) is 0 Å². The first-order valence-electron chi connectivity index (χ1n) is 4.71. The quantitative estimate of drug-likeness (QED) is 0.469. The van der Waals surface area contributed by atoms with Crippen LogP contribution in [0.1, 0.15) is 19.3 Å². The van der Waals surface area contributed by atoms with E-state index in [4.69, 9.17) is 10.2 Å². The number of carboxylic acids is 2. The van der Waals surface area contributed by atoms with E-state index in [2.05, 4.69) is 11.3 Å². The van der Waals surface area contributed by atoms with Crippen LogP contribution in [0.3, 0.4) is 0 Å². The van der Waals surface area contributed by atoms with Crippen LogP contribution >= 0.6 is 0 Å². The molecule has 1 atom stereocenters. The summed E-state index contributed by atoms with van der Waals surface area (Å²) in [4.78, 5) is 31.6. The highest BCUT2D eigenvalue weighted by atomic mass is 16.5. The highest BCUT2D eigenvalue weighted by molar-refractivity contribution is 5.81. The summed E-state index contributed by atoms with van der Waals surface area (Å²) in [6.45, 7) is 2.90. The minimum absolute atomic E-state index is 0.0980. The van der Waals surface area contributed by atoms with Crippen molar-refractivity contribution in [2.45, 2.75) is 19.3 Å². The van der Waals surface area contributed by atoms with Gasteiger partial charge in [0.1, 0.15) is 6.61 Å². The van der Waals surface area contributed by atoms with Crippen LogP contribution < -0.4 is 0 Å². The Hall–Kier alpha value is -1.85. The third kappa shape index (κ3) is 6.58. The largest absolute Gasteiger partial charge is 0.481 e. The lowest BCUT2D eigenvalue weighted by molar-refractivity contribution is -0.149. The minimum atomic E-state index is -1.11. The summed E-state index contributed by atoms with van der Waals surface area (Å²) >= 11 is 0. The first-order valence-corrected chi connectivity index (χ1v) is 4.71. The molecule has 16 heavy (non-hydrogen) atoms. The maximum atomic E-state index is 10.7. The highest BCUT2D eigenvalue weighted by Gasteiger charge is 2.19. The zero-order valence-corrected chi connectivity index (χ0v) is 8.72. The molecule has 0 radical (unpaired) electrons. The standard InChI is InChI=1S/C10H14O6/c1-2-9(13)16-6-7(10(14)15)4-3-5-8(11)12/h2,7H,1,3-6H2,(H,11,12)(H,14,15). The van der Waals surface area contributed by atoms with E-state index in [1.165, 1.54) is 0 Å². The molecule has 6 heteroatoms. The summed E-state index contributed by atoms with van der Waals surface area (Å²) in [5.41, 5.74) is 0. The van der Waals surface area contributed by atoms with Crippen LogP contribution in [0.15, 0.2) is 12.7 Å². The lowest BCUT2D eigenvalue weighted by Crippen LogP contribution is -2.21. The van der Waals surface area contributed by atoms with Gasteiger partial charge in [0.25, 0.3) is 0 Å². The van der Waals surface area contributed by atoms with E-state index in [1.54, 1.807) is 0 Å². The van der Waals surface area contributed by atoms with Crippen LogP contribution in [-0.4, -0.2) is 34.7 Å². The number of ether oxygens (including phenoxy) is 1. The van der Waals surface area contributed by atoms with Crippen molar-refractivity contribution in [1.82, 2.24) is 0 Å². The monoisotopic (exact) mass is 230 g/mol. The van der Waals surface area contributed by atoms with Gasteiger partial charge in [-0.25, -0.2) is 4.79 Å². The summed E-state index contributed by atoms with van der Waals surface area (Å²) in [5, 5.41) is 17.1. The molecule has 6 nitrogen and oxygen atoms in total. The minimum Gasteiger partial charge on any atom is -0.481 e. The molecule has 0 bridgehead atoms. The smallest absolute Gasteiger partial charge is 0.330 e. The Balaban J connectivity index is 3.98. The number of hydrogen-bond donors (Lipinski definition) is 2. The van der Waals surface area contributed by atoms with Crippen LogP contribution in [0.25, 0.3) is 0 Å². The number of esters is 1. The van der Waals surface area contributed by atoms with Gasteiger partial charge in [-0.05, 0) is 12.8 Å². The lowest BCUT2D eigenvalue weighted by Gasteiger charge is -2.11. The molecule has 0 aromatic carbocycles. The van der Waals surface area contributed by atoms with Crippen molar-refractivity contribution in [2.75, 3.05) is 6.61 Å². The van der Waals surface area contributed by atoms with Crippen molar-refractivity contribution in [2.24, 2.45) is 5.92 Å². The molecule has 2 N–H and O–H groups in total. The fourth-order valence-electron chi connectivity index (χ4n) is 1.02. The van der Waals surface area contributed by atoms with Crippen molar-refractivity contribution >= 4 is 17.9 Å². The normalized spacial score (nSPS) is 11.5. The van der Waals surface area contributed by atoms with E-state index >= 15 is 0 Å². The van der Waals surface area contributed by atoms with Crippen molar-refractivity contribution in [3.05, 3.63) is 12.7 Å². The second kappa shape index (κ2) is 7.44. The van der Waals surface area contributed by atoms with Crippen molar-refractivity contribution < 1.29 is 29.3 Å². The van der Waals surface area contributed by atoms with Crippen LogP contribution in [-0.2, 0) is 19.1 Å². The van der Waals surface area contributed by atoms with E-state index in [9.17, 15) is 14.4 Å². The molecule has 0 saturated heterocycles. The van der Waals surface area contributed by atoms with E-state index in [0.717, 1.165) is 6.08 Å². The molecule has 0 spiro atoms. The molecule has 0 amide bonds. The SMILES string of the molecule is C=CC(=O)OCC(CCCC(=O)O)C(=O)O. The predicted molar refractivity (Wildman–Crippen MR) is 53.8 cm³/mol. The summed E-state index contributed by atoms with van der Waals surface area (Å²) in [6, 6.07) is 0. The highest BCUT2D eigenvalue weighted by Crippen LogP contribution is 2.10. The number of carboxylic acid groups (broad SMARTS) is 2. The summed E-state index contributed by atoms with van der Waals surface area (Å²) in [6.07, 6.45) is 1.24. The third-order valence-corrected chi connectivity index (χ3v) is 1.89. The molecular weight excluding hydrogens is 216 g/mol. The maximum absolute atomic E-state index is 10.7. The lowest BCUT2D eigenvalue weighted by atomic mass is 10.0. The molecule has 90 valence electrons. The Morgan fingerprint density at radius 2 is 1.94 bits per heavy atom. The second-order valence-electron chi connectivity index (χ2n) is 3.16. The van der Waals surface area contributed by atoms with Crippen molar-refractivity contribution in [3.8, 4) is 0 Å². The van der Waals surface area contributed by atoms with E-state index < -0.39 is 23.8 Å². The average Bonchev–Trinajstić information content (AvgIpc) is 2.21. The molecule has 0 aliphatic heterocycles. The van der Waals surface area contributed by atoms with Crippen molar-refractivity contribution in [3.63, 3.8) is 0 Å². The predicted octanol–water partition coefficient (Wildman–Crippen LogP) is 0.671. The molecule has 0 rings (SSSR count). The van der Waals surface area contributed by atoms with Gasteiger partial charge < -0.3 is 14.9 Å². The Bertz CT molecular complexity index is 283. The number of rotatable bonds is 8. The Labute approximate surface area is 92.5 Å². The summed E-state index contributed by atoms with van der Waals surface area (Å²) < 4.78 is 4.59. The van der Waals surface area contributed by atoms with Gasteiger partial charge >= 0.3 is 17.9 Å². The number of aliphatic carboxylic acids is 2. The van der Waals surface area contributed by atoms with Gasteiger partial charge in [0.2, 0.25) is 0 Å². The van der Waals surface area contributed by atoms with Gasteiger partial charge in [0.05, 0.1) is 5.92 Å².